The van der Waals surface area contributed by atoms with E-state index in [0.29, 0.717) is 30.6 Å². The summed E-state index contributed by atoms with van der Waals surface area (Å²) in [7, 11) is 0. The number of hydrogen-bond donors (Lipinski definition) is 2. The highest BCUT2D eigenvalue weighted by Gasteiger charge is 2.07. The molecule has 0 saturated heterocycles. The molecule has 0 spiro atoms. The van der Waals surface area contributed by atoms with E-state index in [-0.39, 0.29) is 6.61 Å². The first kappa shape index (κ1) is 15.0. The first-order valence-electron chi connectivity index (χ1n) is 6.20. The van der Waals surface area contributed by atoms with Gasteiger partial charge in [-0.25, -0.2) is 0 Å². The average Bonchev–Trinajstić information content (AvgIpc) is 2.82. The molecule has 0 amide bonds. The Morgan fingerprint density at radius 2 is 2.35 bits per heavy atom. The van der Waals surface area contributed by atoms with Crippen LogP contribution in [0.3, 0.4) is 0 Å². The van der Waals surface area contributed by atoms with Gasteiger partial charge in [0.05, 0.1) is 6.54 Å². The van der Waals surface area contributed by atoms with Crippen molar-refractivity contribution in [1.82, 2.24) is 15.5 Å². The van der Waals surface area contributed by atoms with Gasteiger partial charge >= 0.3 is 0 Å². The molecule has 0 bridgehead atoms. The third-order valence-corrected chi connectivity index (χ3v) is 2.96. The zero-order chi connectivity index (χ0) is 14.4. The van der Waals surface area contributed by atoms with Crippen LogP contribution in [0.15, 0.2) is 33.3 Å². The molecule has 2 aromatic rings. The molecule has 7 heteroatoms. The summed E-state index contributed by atoms with van der Waals surface area (Å²) in [5.74, 6) is 1.81. The first-order valence-corrected chi connectivity index (χ1v) is 6.99. The van der Waals surface area contributed by atoms with E-state index >= 15 is 0 Å². The van der Waals surface area contributed by atoms with Gasteiger partial charge in [-0.3, -0.25) is 0 Å². The number of benzene rings is 1. The van der Waals surface area contributed by atoms with Crippen LogP contribution in [-0.4, -0.2) is 34.5 Å². The smallest absolute Gasteiger partial charge is 0.223 e. The van der Waals surface area contributed by atoms with Gasteiger partial charge in [0, 0.05) is 17.9 Å². The SMILES string of the molecule is Cc1nc(CNCC(O)COc2cccc(Br)c2)no1. The number of ether oxygens (including phenoxy) is 1. The van der Waals surface area contributed by atoms with Crippen molar-refractivity contribution >= 4 is 15.9 Å². The largest absolute Gasteiger partial charge is 0.491 e. The normalized spacial score (nSPS) is 12.3. The number of nitrogens with zero attached hydrogens (tertiary/aromatic N) is 2. The van der Waals surface area contributed by atoms with Crippen molar-refractivity contribution in [3.63, 3.8) is 0 Å². The van der Waals surface area contributed by atoms with Crippen molar-refractivity contribution in [3.05, 3.63) is 40.5 Å². The Morgan fingerprint density at radius 3 is 3.05 bits per heavy atom. The molecule has 0 aliphatic carbocycles. The van der Waals surface area contributed by atoms with Crippen molar-refractivity contribution in [2.24, 2.45) is 0 Å². The molecule has 0 aliphatic rings. The van der Waals surface area contributed by atoms with Gasteiger partial charge in [0.1, 0.15) is 18.5 Å². The molecule has 1 aromatic heterocycles. The van der Waals surface area contributed by atoms with Crippen molar-refractivity contribution in [2.45, 2.75) is 19.6 Å². The number of halogens is 1. The molecule has 6 nitrogen and oxygen atoms in total. The molecular formula is C13H16BrN3O3. The van der Waals surface area contributed by atoms with Crippen LogP contribution in [0, 0.1) is 6.92 Å². The highest BCUT2D eigenvalue weighted by molar-refractivity contribution is 9.10. The average molecular weight is 342 g/mol. The predicted octanol–water partition coefficient (Wildman–Crippen LogP) is 1.67. The number of hydrogen-bond acceptors (Lipinski definition) is 6. The van der Waals surface area contributed by atoms with Crippen LogP contribution in [0.1, 0.15) is 11.7 Å². The third kappa shape index (κ3) is 4.92. The van der Waals surface area contributed by atoms with E-state index in [2.05, 4.69) is 31.4 Å². The van der Waals surface area contributed by atoms with Gasteiger partial charge in [0.2, 0.25) is 5.89 Å². The Labute approximate surface area is 125 Å². The monoisotopic (exact) mass is 341 g/mol. The van der Waals surface area contributed by atoms with Gasteiger partial charge in [0.15, 0.2) is 5.82 Å². The minimum absolute atomic E-state index is 0.217. The third-order valence-electron chi connectivity index (χ3n) is 2.47. The number of aromatic nitrogens is 2. The topological polar surface area (TPSA) is 80.4 Å². The molecule has 1 heterocycles. The van der Waals surface area contributed by atoms with E-state index in [1.165, 1.54) is 0 Å². The lowest BCUT2D eigenvalue weighted by atomic mass is 10.3. The molecule has 0 saturated carbocycles. The number of rotatable bonds is 7. The number of aliphatic hydroxyl groups excluding tert-OH is 1. The minimum atomic E-state index is -0.609. The quantitative estimate of drug-likeness (QED) is 0.797. The molecule has 0 fully saturated rings. The van der Waals surface area contributed by atoms with E-state index in [1.807, 2.05) is 24.3 Å². The van der Waals surface area contributed by atoms with E-state index in [0.717, 1.165) is 4.47 Å². The van der Waals surface area contributed by atoms with E-state index in [1.54, 1.807) is 6.92 Å². The second kappa shape index (κ2) is 7.37. The lowest BCUT2D eigenvalue weighted by molar-refractivity contribution is 0.106. The fourth-order valence-electron chi connectivity index (χ4n) is 1.57. The van der Waals surface area contributed by atoms with Crippen molar-refractivity contribution < 1.29 is 14.4 Å². The molecule has 20 heavy (non-hydrogen) atoms. The van der Waals surface area contributed by atoms with Gasteiger partial charge in [0.25, 0.3) is 0 Å². The Kier molecular flexibility index (Phi) is 5.51. The Bertz CT molecular complexity index is 547. The number of aliphatic hydroxyl groups is 1. The summed E-state index contributed by atoms with van der Waals surface area (Å²) in [6.45, 7) is 2.79. The van der Waals surface area contributed by atoms with Crippen LogP contribution in [-0.2, 0) is 6.54 Å². The van der Waals surface area contributed by atoms with Crippen LogP contribution in [0.2, 0.25) is 0 Å². The minimum Gasteiger partial charge on any atom is -0.491 e. The van der Waals surface area contributed by atoms with Crippen LogP contribution in [0.25, 0.3) is 0 Å². The van der Waals surface area contributed by atoms with Crippen molar-refractivity contribution in [1.29, 1.82) is 0 Å². The standard InChI is InChI=1S/C13H16BrN3O3/c1-9-16-13(17-20-9)7-15-6-11(18)8-19-12-4-2-3-10(14)5-12/h2-5,11,15,18H,6-8H2,1H3. The van der Waals surface area contributed by atoms with Gasteiger partial charge in [-0.15, -0.1) is 0 Å². The highest BCUT2D eigenvalue weighted by atomic mass is 79.9. The van der Waals surface area contributed by atoms with Crippen molar-refractivity contribution in [2.75, 3.05) is 13.2 Å². The second-order valence-corrected chi connectivity index (χ2v) is 5.20. The number of aryl methyl sites for hydroxylation is 1. The maximum atomic E-state index is 9.80. The van der Waals surface area contributed by atoms with Crippen LogP contribution < -0.4 is 10.1 Å². The second-order valence-electron chi connectivity index (χ2n) is 4.28. The van der Waals surface area contributed by atoms with Gasteiger partial charge in [-0.2, -0.15) is 4.98 Å². The van der Waals surface area contributed by atoms with Gasteiger partial charge in [-0.05, 0) is 18.2 Å². The fourth-order valence-corrected chi connectivity index (χ4v) is 1.95. The lowest BCUT2D eigenvalue weighted by Crippen LogP contribution is -2.31. The molecule has 1 atom stereocenters. The molecule has 0 aliphatic heterocycles. The molecular weight excluding hydrogens is 326 g/mol. The van der Waals surface area contributed by atoms with Crippen molar-refractivity contribution in [3.8, 4) is 5.75 Å². The molecule has 108 valence electrons. The summed E-state index contributed by atoms with van der Waals surface area (Å²) in [4.78, 5) is 4.05. The summed E-state index contributed by atoms with van der Waals surface area (Å²) >= 11 is 3.36. The summed E-state index contributed by atoms with van der Waals surface area (Å²) in [5.41, 5.74) is 0. The maximum Gasteiger partial charge on any atom is 0.223 e. The summed E-state index contributed by atoms with van der Waals surface area (Å²) in [6, 6.07) is 7.48. The van der Waals surface area contributed by atoms with Gasteiger partial charge < -0.3 is 19.7 Å². The lowest BCUT2D eigenvalue weighted by Gasteiger charge is -2.12. The Morgan fingerprint density at radius 1 is 1.50 bits per heavy atom. The molecule has 0 radical (unpaired) electrons. The Hall–Kier alpha value is -1.44. The Balaban J connectivity index is 1.66. The molecule has 2 rings (SSSR count). The summed E-state index contributed by atoms with van der Waals surface area (Å²) in [6.07, 6.45) is -0.609. The molecule has 2 N–H and O–H groups in total. The fraction of sp³-hybridized carbons (Fsp3) is 0.385. The van der Waals surface area contributed by atoms with E-state index in [4.69, 9.17) is 9.26 Å². The number of nitrogens with one attached hydrogen (secondary N) is 1. The zero-order valence-electron chi connectivity index (χ0n) is 11.0. The van der Waals surface area contributed by atoms with Crippen LogP contribution >= 0.6 is 15.9 Å². The molecule has 1 aromatic carbocycles. The van der Waals surface area contributed by atoms with Gasteiger partial charge in [-0.1, -0.05) is 27.2 Å². The predicted molar refractivity (Wildman–Crippen MR) is 76.4 cm³/mol. The zero-order valence-corrected chi connectivity index (χ0v) is 12.6. The van der Waals surface area contributed by atoms with E-state index in [9.17, 15) is 5.11 Å². The summed E-state index contributed by atoms with van der Waals surface area (Å²) < 4.78 is 11.3. The molecule has 1 unspecified atom stereocenters. The first-order chi connectivity index (χ1) is 9.63. The van der Waals surface area contributed by atoms with Crippen LogP contribution in [0.5, 0.6) is 5.75 Å². The maximum absolute atomic E-state index is 9.80. The van der Waals surface area contributed by atoms with Crippen LogP contribution in [0.4, 0.5) is 0 Å². The highest BCUT2D eigenvalue weighted by Crippen LogP contribution is 2.17. The van der Waals surface area contributed by atoms with E-state index < -0.39 is 6.10 Å². The summed E-state index contributed by atoms with van der Waals surface area (Å²) in [5, 5.41) is 16.6.